The predicted octanol–water partition coefficient (Wildman–Crippen LogP) is 7.20. The van der Waals surface area contributed by atoms with Gasteiger partial charge in [0.05, 0.1) is 18.8 Å². The molecule has 42 heavy (non-hydrogen) atoms. The van der Waals surface area contributed by atoms with Crippen molar-refractivity contribution in [3.8, 4) is 34.5 Å². The van der Waals surface area contributed by atoms with Crippen LogP contribution in [0.5, 0.6) is 11.8 Å². The molecule has 4 aromatic rings. The average molecular weight is 589 g/mol. The summed E-state index contributed by atoms with van der Waals surface area (Å²) in [6.07, 6.45) is 0.439. The molecule has 0 N–H and O–H groups in total. The molecular weight excluding hydrogens is 559 g/mol. The van der Waals surface area contributed by atoms with Crippen LogP contribution in [-0.4, -0.2) is 42.5 Å². The summed E-state index contributed by atoms with van der Waals surface area (Å²) in [5.74, 6) is -2.06. The van der Waals surface area contributed by atoms with Crippen LogP contribution in [0.4, 0.5) is 22.0 Å². The van der Waals surface area contributed by atoms with E-state index in [2.05, 4.69) is 24.9 Å². The molecular formula is C29H29F5N6O2. The van der Waals surface area contributed by atoms with E-state index in [4.69, 9.17) is 9.47 Å². The first-order valence-corrected chi connectivity index (χ1v) is 13.4. The molecule has 3 heterocycles. The van der Waals surface area contributed by atoms with E-state index in [0.717, 1.165) is 23.1 Å². The van der Waals surface area contributed by atoms with E-state index in [-0.39, 0.29) is 18.0 Å². The molecule has 0 amide bonds. The van der Waals surface area contributed by atoms with Crippen LogP contribution in [0.3, 0.4) is 0 Å². The monoisotopic (exact) mass is 588 g/mol. The van der Waals surface area contributed by atoms with Gasteiger partial charge in [0.25, 0.3) is 5.92 Å². The van der Waals surface area contributed by atoms with Crippen molar-refractivity contribution < 1.29 is 31.4 Å². The Balaban J connectivity index is 1.39. The van der Waals surface area contributed by atoms with Gasteiger partial charge in [-0.1, -0.05) is 31.2 Å². The van der Waals surface area contributed by atoms with Gasteiger partial charge in [0.1, 0.15) is 24.3 Å². The van der Waals surface area contributed by atoms with E-state index in [1.54, 1.807) is 25.3 Å². The summed E-state index contributed by atoms with van der Waals surface area (Å²) in [5, 5.41) is 0. The van der Waals surface area contributed by atoms with Crippen molar-refractivity contribution in [3.63, 3.8) is 0 Å². The third-order valence-corrected chi connectivity index (χ3v) is 7.26. The molecule has 1 atom stereocenters. The Morgan fingerprint density at radius 3 is 2.33 bits per heavy atom. The number of imidazole rings is 1. The zero-order valence-electron chi connectivity index (χ0n) is 23.4. The number of methoxy groups -OCH3 is 1. The summed E-state index contributed by atoms with van der Waals surface area (Å²) in [6, 6.07) is 4.80. The highest BCUT2D eigenvalue weighted by molar-refractivity contribution is 5.66. The Morgan fingerprint density at radius 1 is 1.00 bits per heavy atom. The highest BCUT2D eigenvalue weighted by atomic mass is 19.4. The highest BCUT2D eigenvalue weighted by Crippen LogP contribution is 2.45. The van der Waals surface area contributed by atoms with Crippen molar-refractivity contribution in [3.05, 3.63) is 65.5 Å². The lowest BCUT2D eigenvalue weighted by molar-refractivity contribution is -0.141. The van der Waals surface area contributed by atoms with Crippen LogP contribution >= 0.6 is 0 Å². The third-order valence-electron chi connectivity index (χ3n) is 7.26. The molecule has 1 aliphatic rings. The summed E-state index contributed by atoms with van der Waals surface area (Å²) < 4.78 is 81.6. The molecule has 1 saturated carbocycles. The molecule has 0 bridgehead atoms. The summed E-state index contributed by atoms with van der Waals surface area (Å²) in [4.78, 5) is 21.4. The number of hydrogen-bond donors (Lipinski definition) is 0. The normalized spacial score (nSPS) is 14.6. The fourth-order valence-electron chi connectivity index (χ4n) is 4.55. The van der Waals surface area contributed by atoms with Gasteiger partial charge in [-0.2, -0.15) is 18.2 Å². The predicted molar refractivity (Wildman–Crippen MR) is 143 cm³/mol. The van der Waals surface area contributed by atoms with Crippen LogP contribution in [0.25, 0.3) is 22.8 Å². The molecule has 0 aliphatic heterocycles. The molecule has 0 saturated heterocycles. The molecule has 1 aromatic carbocycles. The van der Waals surface area contributed by atoms with Crippen LogP contribution in [0.1, 0.15) is 67.6 Å². The molecule has 5 rings (SSSR count). The van der Waals surface area contributed by atoms with Gasteiger partial charge in [-0.3, -0.25) is 0 Å². The quantitative estimate of drug-likeness (QED) is 0.181. The van der Waals surface area contributed by atoms with Crippen molar-refractivity contribution in [2.24, 2.45) is 0 Å². The van der Waals surface area contributed by atoms with Crippen molar-refractivity contribution >= 4 is 0 Å². The van der Waals surface area contributed by atoms with Gasteiger partial charge in [-0.25, -0.2) is 28.7 Å². The lowest BCUT2D eigenvalue weighted by Gasteiger charge is -2.25. The Morgan fingerprint density at radius 2 is 1.71 bits per heavy atom. The molecule has 1 aliphatic carbocycles. The second-order valence-electron chi connectivity index (χ2n) is 10.2. The largest absolute Gasteiger partial charge is 0.480 e. The highest BCUT2D eigenvalue weighted by Gasteiger charge is 2.40. The average Bonchev–Trinajstić information content (AvgIpc) is 3.72. The zero-order chi connectivity index (χ0) is 30.2. The SMILES string of the molecule is CCC(F)(F)[C@H](C)n1cc(C(F)(F)F)nc1-c1ccc(COc2nc(-c3c(OC)ncnc3C3CC3)ncc2C)cc1. The first-order chi connectivity index (χ1) is 19.9. The first-order valence-electron chi connectivity index (χ1n) is 13.4. The van der Waals surface area contributed by atoms with Gasteiger partial charge in [0, 0.05) is 35.9 Å². The molecule has 0 unspecified atom stereocenters. The molecule has 3 aromatic heterocycles. The lowest BCUT2D eigenvalue weighted by Crippen LogP contribution is -2.28. The fraction of sp³-hybridized carbons (Fsp3) is 0.414. The lowest BCUT2D eigenvalue weighted by atomic mass is 10.1. The van der Waals surface area contributed by atoms with Crippen molar-refractivity contribution in [1.29, 1.82) is 0 Å². The topological polar surface area (TPSA) is 87.8 Å². The number of aryl methyl sites for hydroxylation is 1. The van der Waals surface area contributed by atoms with Gasteiger partial charge in [0.15, 0.2) is 11.5 Å². The van der Waals surface area contributed by atoms with Crippen LogP contribution in [0, 0.1) is 6.92 Å². The standard InChI is InChI=1S/C29H29F5N6O2/c1-5-28(30,31)17(3)40-13-21(29(32,33)34)38-25(40)20-8-6-18(7-9-20)14-42-26-16(2)12-35-24(39-26)22-23(19-10-11-19)36-15-37-27(22)41-4/h6-9,12-13,15,17,19H,5,10-11,14H2,1-4H3/t17-/m0/s1. The molecule has 222 valence electrons. The molecule has 8 nitrogen and oxygen atoms in total. The summed E-state index contributed by atoms with van der Waals surface area (Å²) in [7, 11) is 1.52. The number of alkyl halides is 5. The first kappa shape index (κ1) is 29.3. The second-order valence-corrected chi connectivity index (χ2v) is 10.2. The van der Waals surface area contributed by atoms with Gasteiger partial charge in [-0.15, -0.1) is 0 Å². The van der Waals surface area contributed by atoms with Gasteiger partial charge >= 0.3 is 6.18 Å². The maximum Gasteiger partial charge on any atom is 0.434 e. The Hall–Kier alpha value is -4.16. The number of hydrogen-bond acceptors (Lipinski definition) is 7. The molecule has 1 fully saturated rings. The van der Waals surface area contributed by atoms with Crippen molar-refractivity contribution in [2.75, 3.05) is 7.11 Å². The van der Waals surface area contributed by atoms with E-state index in [1.165, 1.54) is 39.4 Å². The summed E-state index contributed by atoms with van der Waals surface area (Å²) >= 11 is 0. The number of ether oxygens (including phenoxy) is 2. The number of aromatic nitrogens is 6. The second kappa shape index (κ2) is 11.3. The number of halogens is 5. The summed E-state index contributed by atoms with van der Waals surface area (Å²) in [6.45, 7) is 4.35. The fourth-order valence-corrected chi connectivity index (χ4v) is 4.55. The van der Waals surface area contributed by atoms with E-state index in [0.29, 0.717) is 46.4 Å². The van der Waals surface area contributed by atoms with E-state index < -0.39 is 30.3 Å². The van der Waals surface area contributed by atoms with Crippen LogP contribution in [0.15, 0.2) is 43.0 Å². The Bertz CT molecular complexity index is 1570. The van der Waals surface area contributed by atoms with E-state index in [1.807, 2.05) is 0 Å². The maximum absolute atomic E-state index is 14.5. The Labute approximate surface area is 239 Å². The van der Waals surface area contributed by atoms with Crippen LogP contribution < -0.4 is 9.47 Å². The Kier molecular flexibility index (Phi) is 7.86. The van der Waals surface area contributed by atoms with Gasteiger partial charge < -0.3 is 14.0 Å². The third kappa shape index (κ3) is 5.90. The molecule has 0 radical (unpaired) electrons. The maximum atomic E-state index is 14.5. The minimum atomic E-state index is -4.78. The van der Waals surface area contributed by atoms with Gasteiger partial charge in [-0.05, 0) is 32.3 Å². The number of rotatable bonds is 10. The zero-order valence-corrected chi connectivity index (χ0v) is 23.4. The molecule has 13 heteroatoms. The minimum absolute atomic E-state index is 0.0853. The van der Waals surface area contributed by atoms with Gasteiger partial charge in [0.2, 0.25) is 11.8 Å². The van der Waals surface area contributed by atoms with Crippen molar-refractivity contribution in [1.82, 2.24) is 29.5 Å². The van der Waals surface area contributed by atoms with Crippen LogP contribution in [-0.2, 0) is 12.8 Å². The summed E-state index contributed by atoms with van der Waals surface area (Å²) in [5.41, 5.74) is 1.84. The molecule has 0 spiro atoms. The van der Waals surface area contributed by atoms with E-state index in [9.17, 15) is 22.0 Å². The minimum Gasteiger partial charge on any atom is -0.480 e. The number of nitrogens with zero attached hydrogens (tertiary/aromatic N) is 6. The van der Waals surface area contributed by atoms with E-state index >= 15 is 0 Å². The van der Waals surface area contributed by atoms with Crippen molar-refractivity contribution in [2.45, 2.75) is 70.7 Å². The number of benzene rings is 1. The smallest absolute Gasteiger partial charge is 0.434 e. The van der Waals surface area contributed by atoms with Crippen LogP contribution in [0.2, 0.25) is 0 Å².